The van der Waals surface area contributed by atoms with Crippen LogP contribution in [0.4, 0.5) is 5.69 Å². The van der Waals surface area contributed by atoms with E-state index in [1.165, 1.54) is 24.1 Å². The monoisotopic (exact) mass is 630 g/mol. The van der Waals surface area contributed by atoms with Crippen LogP contribution in [0.5, 0.6) is 0 Å². The molecule has 2 saturated carbocycles. The number of hydrogen-bond acceptors (Lipinski definition) is 6. The number of carbonyl (C=O) groups is 2. The van der Waals surface area contributed by atoms with Gasteiger partial charge in [-0.3, -0.25) is 24.6 Å². The van der Waals surface area contributed by atoms with Crippen molar-refractivity contribution in [2.24, 2.45) is 17.8 Å². The van der Waals surface area contributed by atoms with E-state index in [1.54, 1.807) is 12.1 Å². The summed E-state index contributed by atoms with van der Waals surface area (Å²) in [5, 5.41) is 21.4. The summed E-state index contributed by atoms with van der Waals surface area (Å²) in [6.07, 6.45) is 9.51. The number of rotatable bonds is 12. The van der Waals surface area contributed by atoms with Crippen LogP contribution in [-0.2, 0) is 16.0 Å². The van der Waals surface area contributed by atoms with Crippen molar-refractivity contribution >= 4 is 17.6 Å². The molecule has 46 heavy (non-hydrogen) atoms. The Kier molecular flexibility index (Phi) is 10.4. The number of hydrogen-bond donors (Lipinski definition) is 1. The summed E-state index contributed by atoms with van der Waals surface area (Å²) < 4.78 is 0. The molecule has 0 radical (unpaired) electrons. The number of nitrogens with zero attached hydrogens (tertiary/aromatic N) is 4. The van der Waals surface area contributed by atoms with Gasteiger partial charge in [0, 0.05) is 69.3 Å². The van der Waals surface area contributed by atoms with E-state index < -0.39 is 16.9 Å². The largest absolute Gasteiger partial charge is 0.480 e. The Hall–Kier alpha value is -3.30. The lowest BCUT2D eigenvalue weighted by atomic mass is 9.83. The van der Waals surface area contributed by atoms with E-state index in [1.807, 2.05) is 0 Å². The van der Waals surface area contributed by atoms with Crippen molar-refractivity contribution in [2.45, 2.75) is 95.2 Å². The second kappa shape index (κ2) is 14.6. The van der Waals surface area contributed by atoms with E-state index in [0.29, 0.717) is 36.6 Å². The molecule has 5 unspecified atom stereocenters. The quantitative estimate of drug-likeness (QED) is 0.227. The van der Waals surface area contributed by atoms with Gasteiger partial charge in [0.1, 0.15) is 6.04 Å². The Bertz CT molecular complexity index is 1340. The van der Waals surface area contributed by atoms with Gasteiger partial charge >= 0.3 is 5.97 Å². The number of carboxylic acids is 1. The van der Waals surface area contributed by atoms with Crippen molar-refractivity contribution in [3.8, 4) is 0 Å². The smallest absolute Gasteiger partial charge is 0.321 e. The van der Waals surface area contributed by atoms with Crippen molar-refractivity contribution in [3.05, 3.63) is 75.8 Å². The van der Waals surface area contributed by atoms with Crippen molar-refractivity contribution in [1.29, 1.82) is 0 Å². The fourth-order valence-corrected chi connectivity index (χ4v) is 8.73. The second-order valence-corrected chi connectivity index (χ2v) is 14.4. The lowest BCUT2D eigenvalue weighted by molar-refractivity contribution is -0.384. The molecule has 1 amide bonds. The molecule has 0 spiro atoms. The highest BCUT2D eigenvalue weighted by molar-refractivity contribution is 5.77. The molecule has 6 rings (SSSR count). The lowest BCUT2D eigenvalue weighted by Gasteiger charge is -2.40. The molecule has 4 fully saturated rings. The predicted molar refractivity (Wildman–Crippen MR) is 178 cm³/mol. The number of piperidine rings is 1. The molecule has 2 aliphatic heterocycles. The van der Waals surface area contributed by atoms with Crippen LogP contribution >= 0.6 is 0 Å². The molecule has 2 saturated heterocycles. The Morgan fingerprint density at radius 1 is 0.978 bits per heavy atom. The van der Waals surface area contributed by atoms with E-state index in [4.69, 9.17) is 0 Å². The fraction of sp³-hybridized carbons (Fsp3) is 0.622. The Balaban J connectivity index is 1.08. The third kappa shape index (κ3) is 7.63. The Labute approximate surface area is 273 Å². The molecule has 9 nitrogen and oxygen atoms in total. The highest BCUT2D eigenvalue weighted by Crippen LogP contribution is 2.41. The van der Waals surface area contributed by atoms with Gasteiger partial charge in [0.2, 0.25) is 5.91 Å². The van der Waals surface area contributed by atoms with Crippen molar-refractivity contribution < 1.29 is 19.6 Å². The molecule has 4 aliphatic rings. The number of aliphatic carboxylic acids is 1. The number of nitro benzene ring substituents is 1. The normalized spacial score (nSPS) is 26.9. The standard InChI is InChI=1S/C37H50N4O5/c1-26-22-34(26)40(35(42)17-14-27-12-15-32(16-13-27)41(45)46)31-18-20-38(21-19-31)23-30-24-39(25-33(30)28-8-4-2-5-9-28)36(37(43)44)29-10-6-3-7-11-29/h2,4-5,8-9,12-13,15-16,26,29-31,33-34,36H,3,6-7,10-11,14,17-25H2,1H3,(H,43,44). The molecular formula is C37H50N4O5. The van der Waals surface area contributed by atoms with Crippen LogP contribution < -0.4 is 0 Å². The maximum atomic E-state index is 13.6. The van der Waals surface area contributed by atoms with Gasteiger partial charge in [-0.25, -0.2) is 0 Å². The molecule has 5 atom stereocenters. The van der Waals surface area contributed by atoms with Gasteiger partial charge in [-0.05, 0) is 67.4 Å². The van der Waals surface area contributed by atoms with Gasteiger partial charge in [-0.1, -0.05) is 68.7 Å². The zero-order chi connectivity index (χ0) is 32.2. The number of benzene rings is 2. The fourth-order valence-electron chi connectivity index (χ4n) is 8.73. The average molecular weight is 631 g/mol. The Morgan fingerprint density at radius 3 is 2.26 bits per heavy atom. The maximum absolute atomic E-state index is 13.6. The molecule has 1 N–H and O–H groups in total. The summed E-state index contributed by atoms with van der Waals surface area (Å²) >= 11 is 0. The molecule has 2 aliphatic carbocycles. The van der Waals surface area contributed by atoms with Gasteiger partial charge in [-0.2, -0.15) is 0 Å². The summed E-state index contributed by atoms with van der Waals surface area (Å²) in [6, 6.07) is 17.4. The zero-order valence-electron chi connectivity index (χ0n) is 27.2. The minimum Gasteiger partial charge on any atom is -0.480 e. The first-order chi connectivity index (χ1) is 22.3. The highest BCUT2D eigenvalue weighted by atomic mass is 16.6. The first kappa shape index (κ1) is 32.6. The van der Waals surface area contributed by atoms with Crippen molar-refractivity contribution in [1.82, 2.24) is 14.7 Å². The van der Waals surface area contributed by atoms with Gasteiger partial charge < -0.3 is 14.9 Å². The van der Waals surface area contributed by atoms with Crippen LogP contribution in [-0.4, -0.2) is 87.5 Å². The minimum absolute atomic E-state index is 0.0709. The summed E-state index contributed by atoms with van der Waals surface area (Å²) in [5.41, 5.74) is 2.33. The summed E-state index contributed by atoms with van der Waals surface area (Å²) in [6.45, 7) is 6.69. The average Bonchev–Trinajstić information content (AvgIpc) is 3.64. The molecular weight excluding hydrogens is 580 g/mol. The number of likely N-dealkylation sites (tertiary alicyclic amines) is 2. The third-order valence-corrected chi connectivity index (χ3v) is 11.4. The first-order valence-corrected chi connectivity index (χ1v) is 17.6. The van der Waals surface area contributed by atoms with Crippen molar-refractivity contribution in [2.75, 3.05) is 32.7 Å². The van der Waals surface area contributed by atoms with Crippen LogP contribution in [0.15, 0.2) is 54.6 Å². The molecule has 0 bridgehead atoms. The molecule has 2 heterocycles. The topological polar surface area (TPSA) is 107 Å². The SMILES string of the molecule is CC1CC1N(C(=O)CCc1ccc([N+](=O)[O-])cc1)C1CCN(CC2CN(C(C(=O)O)C3CCCCC3)CC2c2ccccc2)CC1. The van der Waals surface area contributed by atoms with Crippen LogP contribution in [0, 0.1) is 27.9 Å². The van der Waals surface area contributed by atoms with Crippen LogP contribution in [0.25, 0.3) is 0 Å². The third-order valence-electron chi connectivity index (χ3n) is 11.4. The van der Waals surface area contributed by atoms with E-state index in [0.717, 1.165) is 83.2 Å². The summed E-state index contributed by atoms with van der Waals surface area (Å²) in [5.74, 6) is 0.994. The molecule has 0 aromatic heterocycles. The Morgan fingerprint density at radius 2 is 1.65 bits per heavy atom. The molecule has 9 heteroatoms. The van der Waals surface area contributed by atoms with Crippen molar-refractivity contribution in [3.63, 3.8) is 0 Å². The molecule has 2 aromatic rings. The zero-order valence-corrected chi connectivity index (χ0v) is 27.2. The van der Waals surface area contributed by atoms with Gasteiger partial charge in [0.15, 0.2) is 0 Å². The van der Waals surface area contributed by atoms with E-state index in [-0.39, 0.29) is 23.6 Å². The maximum Gasteiger partial charge on any atom is 0.321 e. The minimum atomic E-state index is -0.659. The predicted octanol–water partition coefficient (Wildman–Crippen LogP) is 5.98. The van der Waals surface area contributed by atoms with E-state index in [2.05, 4.69) is 52.0 Å². The number of aryl methyl sites for hydroxylation is 1. The van der Waals surface area contributed by atoms with Crippen LogP contribution in [0.1, 0.15) is 81.8 Å². The number of amides is 1. The van der Waals surface area contributed by atoms with Crippen LogP contribution in [0.2, 0.25) is 0 Å². The second-order valence-electron chi connectivity index (χ2n) is 14.4. The molecule has 248 valence electrons. The van der Waals surface area contributed by atoms with Crippen LogP contribution in [0.3, 0.4) is 0 Å². The van der Waals surface area contributed by atoms with Gasteiger partial charge in [-0.15, -0.1) is 0 Å². The lowest BCUT2D eigenvalue weighted by Crippen LogP contribution is -2.50. The number of carbonyl (C=O) groups excluding carboxylic acids is 1. The summed E-state index contributed by atoms with van der Waals surface area (Å²) in [4.78, 5) is 43.9. The van der Waals surface area contributed by atoms with E-state index in [9.17, 15) is 24.8 Å². The number of nitro groups is 1. The number of non-ortho nitro benzene ring substituents is 1. The molecule has 2 aromatic carbocycles. The number of carboxylic acid groups (broad SMARTS) is 1. The van der Waals surface area contributed by atoms with Gasteiger partial charge in [0.05, 0.1) is 4.92 Å². The first-order valence-electron chi connectivity index (χ1n) is 17.6. The van der Waals surface area contributed by atoms with Gasteiger partial charge in [0.25, 0.3) is 5.69 Å². The highest BCUT2D eigenvalue weighted by Gasteiger charge is 2.46. The summed E-state index contributed by atoms with van der Waals surface area (Å²) in [7, 11) is 0. The van der Waals surface area contributed by atoms with E-state index >= 15 is 0 Å².